The zero-order valence-electron chi connectivity index (χ0n) is 14.1. The largest absolute Gasteiger partial charge is 0.480 e. The molecule has 2 aromatic rings. The van der Waals surface area contributed by atoms with Gasteiger partial charge in [-0.2, -0.15) is 0 Å². The van der Waals surface area contributed by atoms with E-state index in [9.17, 15) is 14.7 Å². The Morgan fingerprint density at radius 2 is 1.60 bits per heavy atom. The highest BCUT2D eigenvalue weighted by atomic mass is 35.5. The molecule has 1 atom stereocenters. The Labute approximate surface area is 154 Å². The van der Waals surface area contributed by atoms with Crippen LogP contribution in [0, 0.1) is 0 Å². The normalized spacial score (nSPS) is 11.4. The third kappa shape index (κ3) is 6.21. The van der Waals surface area contributed by atoms with Crippen LogP contribution >= 0.6 is 12.4 Å². The molecule has 0 aliphatic rings. The number of nitrogens with one attached hydrogen (secondary N) is 1. The van der Waals surface area contributed by atoms with E-state index in [1.54, 1.807) is 17.0 Å². The van der Waals surface area contributed by atoms with Crippen molar-refractivity contribution >= 4 is 30.0 Å². The van der Waals surface area contributed by atoms with Gasteiger partial charge in [0.25, 0.3) is 0 Å². The van der Waals surface area contributed by atoms with Crippen LogP contribution < -0.4 is 5.32 Å². The number of hydrogen-bond donors (Lipinski definition) is 2. The van der Waals surface area contributed by atoms with E-state index in [-0.39, 0.29) is 24.9 Å². The average Bonchev–Trinajstić information content (AvgIpc) is 2.56. The molecule has 0 radical (unpaired) electrons. The molecule has 6 heteroatoms. The molecule has 0 aromatic heterocycles. The van der Waals surface area contributed by atoms with Gasteiger partial charge < -0.3 is 10.4 Å². The first-order chi connectivity index (χ1) is 11.6. The summed E-state index contributed by atoms with van der Waals surface area (Å²) in [6.45, 7) is 2.30. The number of carbonyl (C=O) groups is 2. The fraction of sp³-hybridized carbons (Fsp3) is 0.263. The molecular weight excluding hydrogens is 340 g/mol. The van der Waals surface area contributed by atoms with Crippen molar-refractivity contribution in [2.75, 3.05) is 18.4 Å². The highest BCUT2D eigenvalue weighted by molar-refractivity contribution is 5.95. The third-order valence-corrected chi connectivity index (χ3v) is 3.62. The first-order valence-electron chi connectivity index (χ1n) is 7.98. The lowest BCUT2D eigenvalue weighted by Gasteiger charge is -2.29. The summed E-state index contributed by atoms with van der Waals surface area (Å²) in [4.78, 5) is 25.8. The second-order valence-electron chi connectivity index (χ2n) is 5.53. The number of amides is 1. The summed E-state index contributed by atoms with van der Waals surface area (Å²) in [6, 6.07) is 17.8. The highest BCUT2D eigenvalue weighted by Crippen LogP contribution is 2.23. The predicted molar refractivity (Wildman–Crippen MR) is 101 cm³/mol. The molecule has 0 heterocycles. The number of nitrogens with zero attached hydrogens (tertiary/aromatic N) is 1. The maximum Gasteiger partial charge on any atom is 0.317 e. The molecule has 2 N–H and O–H groups in total. The van der Waals surface area contributed by atoms with Crippen LogP contribution in [0.3, 0.4) is 0 Å². The first kappa shape index (κ1) is 20.7. The number of para-hydroxylation sites is 1. The average molecular weight is 363 g/mol. The van der Waals surface area contributed by atoms with Gasteiger partial charge in [0.15, 0.2) is 0 Å². The Balaban J connectivity index is 0.00000312. The number of carboxylic acids is 1. The van der Waals surface area contributed by atoms with E-state index in [2.05, 4.69) is 5.32 Å². The summed E-state index contributed by atoms with van der Waals surface area (Å²) < 4.78 is 0. The minimum absolute atomic E-state index is 0. The van der Waals surface area contributed by atoms with Crippen LogP contribution in [0.2, 0.25) is 0 Å². The van der Waals surface area contributed by atoms with Crippen molar-refractivity contribution in [1.82, 2.24) is 4.90 Å². The summed E-state index contributed by atoms with van der Waals surface area (Å²) in [6.07, 6.45) is 0.759. The van der Waals surface area contributed by atoms with Crippen molar-refractivity contribution in [1.29, 1.82) is 0 Å². The summed E-state index contributed by atoms with van der Waals surface area (Å²) in [5.41, 5.74) is 1.47. The molecule has 1 amide bonds. The third-order valence-electron chi connectivity index (χ3n) is 3.62. The zero-order chi connectivity index (χ0) is 17.4. The fourth-order valence-electron chi connectivity index (χ4n) is 2.66. The van der Waals surface area contributed by atoms with Crippen LogP contribution in [0.4, 0.5) is 5.69 Å². The van der Waals surface area contributed by atoms with Crippen molar-refractivity contribution in [2.45, 2.75) is 19.4 Å². The minimum Gasteiger partial charge on any atom is -0.480 e. The Morgan fingerprint density at radius 1 is 1.04 bits per heavy atom. The first-order valence-corrected chi connectivity index (χ1v) is 7.98. The SMILES string of the molecule is CCCN(CC(=O)O)C(C(=O)Nc1ccccc1)c1ccccc1.Cl. The Hall–Kier alpha value is -2.37. The molecule has 2 rings (SSSR count). The second-order valence-corrected chi connectivity index (χ2v) is 5.53. The summed E-state index contributed by atoms with van der Waals surface area (Å²) in [7, 11) is 0. The molecule has 0 saturated heterocycles. The monoisotopic (exact) mass is 362 g/mol. The molecule has 0 bridgehead atoms. The topological polar surface area (TPSA) is 69.6 Å². The van der Waals surface area contributed by atoms with Crippen LogP contribution in [0.25, 0.3) is 0 Å². The van der Waals surface area contributed by atoms with Crippen LogP contribution in [-0.4, -0.2) is 35.0 Å². The van der Waals surface area contributed by atoms with Gasteiger partial charge in [-0.05, 0) is 30.7 Å². The van der Waals surface area contributed by atoms with Gasteiger partial charge in [-0.25, -0.2) is 0 Å². The van der Waals surface area contributed by atoms with E-state index in [4.69, 9.17) is 0 Å². The lowest BCUT2D eigenvalue weighted by Crippen LogP contribution is -2.40. The number of halogens is 1. The van der Waals surface area contributed by atoms with Crippen molar-refractivity contribution in [3.63, 3.8) is 0 Å². The molecule has 1 unspecified atom stereocenters. The van der Waals surface area contributed by atoms with Crippen molar-refractivity contribution in [2.24, 2.45) is 0 Å². The van der Waals surface area contributed by atoms with Gasteiger partial charge in [0.2, 0.25) is 5.91 Å². The van der Waals surface area contributed by atoms with E-state index in [1.165, 1.54) is 0 Å². The van der Waals surface area contributed by atoms with E-state index in [0.717, 1.165) is 12.0 Å². The number of rotatable bonds is 8. The summed E-state index contributed by atoms with van der Waals surface area (Å²) >= 11 is 0. The van der Waals surface area contributed by atoms with Crippen molar-refractivity contribution in [3.8, 4) is 0 Å². The van der Waals surface area contributed by atoms with E-state index in [1.807, 2.05) is 55.5 Å². The van der Waals surface area contributed by atoms with Crippen LogP contribution in [-0.2, 0) is 9.59 Å². The maximum atomic E-state index is 12.9. The molecule has 2 aromatic carbocycles. The number of anilines is 1. The number of carbonyl (C=O) groups excluding carboxylic acids is 1. The van der Waals surface area contributed by atoms with Gasteiger partial charge in [-0.1, -0.05) is 55.5 Å². The quantitative estimate of drug-likeness (QED) is 0.753. The second kappa shape index (κ2) is 10.5. The summed E-state index contributed by atoms with van der Waals surface area (Å²) in [5.74, 6) is -1.18. The van der Waals surface area contributed by atoms with E-state index >= 15 is 0 Å². The highest BCUT2D eigenvalue weighted by Gasteiger charge is 2.28. The molecule has 25 heavy (non-hydrogen) atoms. The van der Waals surface area contributed by atoms with E-state index in [0.29, 0.717) is 12.2 Å². The Kier molecular flexibility index (Phi) is 8.67. The minimum atomic E-state index is -0.947. The number of carboxylic acid groups (broad SMARTS) is 1. The van der Waals surface area contributed by atoms with Crippen molar-refractivity contribution in [3.05, 3.63) is 66.2 Å². The molecule has 0 aliphatic heterocycles. The smallest absolute Gasteiger partial charge is 0.317 e. The van der Waals surface area contributed by atoms with Gasteiger partial charge in [-0.15, -0.1) is 12.4 Å². The lowest BCUT2D eigenvalue weighted by molar-refractivity contribution is -0.139. The van der Waals surface area contributed by atoms with Gasteiger partial charge in [0.1, 0.15) is 6.04 Å². The molecule has 0 saturated carbocycles. The predicted octanol–water partition coefficient (Wildman–Crippen LogP) is 3.58. The Bertz CT molecular complexity index is 665. The zero-order valence-corrected chi connectivity index (χ0v) is 14.9. The molecule has 134 valence electrons. The molecule has 0 spiro atoms. The van der Waals surface area contributed by atoms with Gasteiger partial charge in [0, 0.05) is 5.69 Å². The Morgan fingerprint density at radius 3 is 2.12 bits per heavy atom. The van der Waals surface area contributed by atoms with Crippen LogP contribution in [0.5, 0.6) is 0 Å². The molecular formula is C19H23ClN2O3. The molecule has 0 fully saturated rings. The van der Waals surface area contributed by atoms with Gasteiger partial charge in [-0.3, -0.25) is 14.5 Å². The fourth-order valence-corrected chi connectivity index (χ4v) is 2.66. The standard InChI is InChI=1S/C19H22N2O3.ClH/c1-2-13-21(14-17(22)23)18(15-9-5-3-6-10-15)19(24)20-16-11-7-4-8-12-16;/h3-12,18H,2,13-14H2,1H3,(H,20,24)(H,22,23);1H. The van der Waals surface area contributed by atoms with Gasteiger partial charge >= 0.3 is 5.97 Å². The van der Waals surface area contributed by atoms with Gasteiger partial charge in [0.05, 0.1) is 6.54 Å². The van der Waals surface area contributed by atoms with Crippen LogP contribution in [0.15, 0.2) is 60.7 Å². The maximum absolute atomic E-state index is 12.9. The number of aliphatic carboxylic acids is 1. The molecule has 5 nitrogen and oxygen atoms in total. The number of hydrogen-bond acceptors (Lipinski definition) is 3. The van der Waals surface area contributed by atoms with Crippen LogP contribution in [0.1, 0.15) is 24.9 Å². The molecule has 0 aliphatic carbocycles. The van der Waals surface area contributed by atoms with Crippen molar-refractivity contribution < 1.29 is 14.7 Å². The lowest BCUT2D eigenvalue weighted by atomic mass is 10.0. The van der Waals surface area contributed by atoms with E-state index < -0.39 is 12.0 Å². The number of benzene rings is 2. The summed E-state index contributed by atoms with van der Waals surface area (Å²) in [5, 5.41) is 12.1.